The first-order valence-electron chi connectivity index (χ1n) is 11.1. The summed E-state index contributed by atoms with van der Waals surface area (Å²) in [6.07, 6.45) is 4.60. The normalized spacial score (nSPS) is 19.9. The molecule has 1 amide bonds. The molecule has 0 aliphatic carbocycles. The van der Waals surface area contributed by atoms with Gasteiger partial charge in [0.25, 0.3) is 0 Å². The number of hydrogen-bond acceptors (Lipinski definition) is 6. The molecular formula is C23H30ClFN6O. The number of benzene rings is 1. The van der Waals surface area contributed by atoms with Crippen LogP contribution >= 0.6 is 11.6 Å². The van der Waals surface area contributed by atoms with Crippen LogP contribution in [0.25, 0.3) is 0 Å². The average molecular weight is 461 g/mol. The molecule has 0 radical (unpaired) electrons. The highest BCUT2D eigenvalue weighted by atomic mass is 35.5. The van der Waals surface area contributed by atoms with Crippen LogP contribution in [0, 0.1) is 5.82 Å². The highest BCUT2D eigenvalue weighted by Gasteiger charge is 2.27. The number of carbonyl (C=O) groups excluding carboxylic acids is 1. The minimum atomic E-state index is -0.227. The van der Waals surface area contributed by atoms with Gasteiger partial charge in [-0.15, -0.1) is 0 Å². The van der Waals surface area contributed by atoms with Crippen LogP contribution in [0.5, 0.6) is 0 Å². The van der Waals surface area contributed by atoms with Gasteiger partial charge >= 0.3 is 0 Å². The third-order valence-electron chi connectivity index (χ3n) is 6.37. The van der Waals surface area contributed by atoms with Gasteiger partial charge in [-0.05, 0) is 44.7 Å². The molecule has 2 aliphatic rings. The Balaban J connectivity index is 1.42. The van der Waals surface area contributed by atoms with Gasteiger partial charge in [0.1, 0.15) is 10.8 Å². The van der Waals surface area contributed by atoms with E-state index in [4.69, 9.17) is 17.3 Å². The maximum atomic E-state index is 14.8. The van der Waals surface area contributed by atoms with Gasteiger partial charge in [-0.3, -0.25) is 14.6 Å². The van der Waals surface area contributed by atoms with Crippen LogP contribution in [-0.2, 0) is 11.3 Å². The predicted octanol–water partition coefficient (Wildman–Crippen LogP) is 3.88. The number of halogens is 2. The summed E-state index contributed by atoms with van der Waals surface area (Å²) in [5.74, 6) is 0.541. The molecule has 2 aliphatic heterocycles. The molecule has 7 nitrogen and oxygen atoms in total. The quantitative estimate of drug-likeness (QED) is 0.680. The molecule has 1 unspecified atom stereocenters. The second-order valence-electron chi connectivity index (χ2n) is 9.16. The zero-order valence-corrected chi connectivity index (χ0v) is 19.3. The van der Waals surface area contributed by atoms with Crippen LogP contribution in [0.3, 0.4) is 0 Å². The SMILES string of the molecule is CC(Nc1ncc(Cl)c(N2CCCC2=O)n1)c1ccc(CN2CCC(C)(N)CC2)c(F)c1. The van der Waals surface area contributed by atoms with Gasteiger partial charge in [-0.1, -0.05) is 23.7 Å². The van der Waals surface area contributed by atoms with Gasteiger partial charge < -0.3 is 11.1 Å². The summed E-state index contributed by atoms with van der Waals surface area (Å²) in [6, 6.07) is 5.10. The van der Waals surface area contributed by atoms with E-state index in [1.54, 1.807) is 11.0 Å². The van der Waals surface area contributed by atoms with Crippen LogP contribution in [0.2, 0.25) is 5.02 Å². The molecule has 1 aromatic carbocycles. The first kappa shape index (κ1) is 22.9. The van der Waals surface area contributed by atoms with Gasteiger partial charge in [0, 0.05) is 43.7 Å². The van der Waals surface area contributed by atoms with Crippen molar-refractivity contribution in [3.63, 3.8) is 0 Å². The van der Waals surface area contributed by atoms with E-state index in [0.29, 0.717) is 41.9 Å². The molecule has 32 heavy (non-hydrogen) atoms. The van der Waals surface area contributed by atoms with E-state index in [-0.39, 0.29) is 23.3 Å². The molecule has 4 rings (SSSR count). The van der Waals surface area contributed by atoms with Crippen molar-refractivity contribution in [3.05, 3.63) is 46.4 Å². The van der Waals surface area contributed by atoms with E-state index in [1.165, 1.54) is 6.20 Å². The van der Waals surface area contributed by atoms with Crippen molar-refractivity contribution in [2.75, 3.05) is 29.9 Å². The molecule has 9 heteroatoms. The summed E-state index contributed by atoms with van der Waals surface area (Å²) >= 11 is 6.22. The Bertz CT molecular complexity index is 990. The van der Waals surface area contributed by atoms with Gasteiger partial charge in [0.2, 0.25) is 11.9 Å². The van der Waals surface area contributed by atoms with Crippen LogP contribution in [0.1, 0.15) is 56.7 Å². The second-order valence-corrected chi connectivity index (χ2v) is 9.57. The smallest absolute Gasteiger partial charge is 0.228 e. The molecule has 1 aromatic heterocycles. The zero-order chi connectivity index (χ0) is 22.9. The minimum absolute atomic E-state index is 0.00653. The molecular weight excluding hydrogens is 431 g/mol. The third-order valence-corrected chi connectivity index (χ3v) is 6.64. The van der Waals surface area contributed by atoms with Crippen molar-refractivity contribution in [2.24, 2.45) is 5.73 Å². The van der Waals surface area contributed by atoms with Crippen molar-refractivity contribution in [1.82, 2.24) is 14.9 Å². The van der Waals surface area contributed by atoms with Gasteiger partial charge in [0.05, 0.1) is 12.2 Å². The molecule has 0 bridgehead atoms. The van der Waals surface area contributed by atoms with E-state index in [0.717, 1.165) is 37.9 Å². The maximum Gasteiger partial charge on any atom is 0.228 e. The minimum Gasteiger partial charge on any atom is -0.348 e. The van der Waals surface area contributed by atoms with E-state index >= 15 is 0 Å². The molecule has 2 saturated heterocycles. The first-order chi connectivity index (χ1) is 15.2. The highest BCUT2D eigenvalue weighted by molar-refractivity contribution is 6.33. The van der Waals surface area contributed by atoms with Crippen molar-refractivity contribution in [1.29, 1.82) is 0 Å². The Kier molecular flexibility index (Phi) is 6.65. The average Bonchev–Trinajstić information content (AvgIpc) is 3.18. The Hall–Kier alpha value is -2.29. The monoisotopic (exact) mass is 460 g/mol. The number of amides is 1. The van der Waals surface area contributed by atoms with Crippen molar-refractivity contribution < 1.29 is 9.18 Å². The van der Waals surface area contributed by atoms with Crippen LogP contribution < -0.4 is 16.0 Å². The van der Waals surface area contributed by atoms with Crippen LogP contribution in [0.4, 0.5) is 16.2 Å². The molecule has 2 fully saturated rings. The second kappa shape index (κ2) is 9.29. The van der Waals surface area contributed by atoms with Crippen LogP contribution in [0.15, 0.2) is 24.4 Å². The number of nitrogens with zero attached hydrogens (tertiary/aromatic N) is 4. The number of aromatic nitrogens is 2. The third kappa shape index (κ3) is 5.19. The topological polar surface area (TPSA) is 87.4 Å². The lowest BCUT2D eigenvalue weighted by Gasteiger charge is -2.36. The first-order valence-corrected chi connectivity index (χ1v) is 11.5. The summed E-state index contributed by atoms with van der Waals surface area (Å²) in [5, 5.41) is 3.53. The Labute approximate surface area is 193 Å². The molecule has 172 valence electrons. The number of piperidine rings is 1. The summed E-state index contributed by atoms with van der Waals surface area (Å²) < 4.78 is 14.8. The lowest BCUT2D eigenvalue weighted by Crippen LogP contribution is -2.47. The number of anilines is 2. The fourth-order valence-corrected chi connectivity index (χ4v) is 4.38. The van der Waals surface area contributed by atoms with E-state index in [1.807, 2.05) is 19.1 Å². The largest absolute Gasteiger partial charge is 0.348 e. The number of nitrogens with two attached hydrogens (primary N) is 1. The summed E-state index contributed by atoms with van der Waals surface area (Å²) in [4.78, 5) is 24.6. The fourth-order valence-electron chi connectivity index (χ4n) is 4.19. The van der Waals surface area contributed by atoms with Gasteiger partial charge in [0.15, 0.2) is 5.82 Å². The molecule has 0 spiro atoms. The van der Waals surface area contributed by atoms with E-state index in [2.05, 4.69) is 27.1 Å². The lowest BCUT2D eigenvalue weighted by molar-refractivity contribution is -0.117. The molecule has 3 N–H and O–H groups in total. The zero-order valence-electron chi connectivity index (χ0n) is 18.6. The Morgan fingerprint density at radius 2 is 2.06 bits per heavy atom. The number of likely N-dealkylation sites (tertiary alicyclic amines) is 1. The maximum absolute atomic E-state index is 14.8. The molecule has 0 saturated carbocycles. The number of rotatable bonds is 6. The summed E-state index contributed by atoms with van der Waals surface area (Å²) in [6.45, 7) is 6.92. The molecule has 2 aromatic rings. The van der Waals surface area contributed by atoms with Crippen molar-refractivity contribution in [3.8, 4) is 0 Å². The predicted molar refractivity (Wildman–Crippen MR) is 124 cm³/mol. The van der Waals surface area contributed by atoms with Gasteiger partial charge in [-0.2, -0.15) is 4.98 Å². The molecule has 1 atom stereocenters. The van der Waals surface area contributed by atoms with Crippen LogP contribution in [-0.4, -0.2) is 45.9 Å². The Morgan fingerprint density at radius 3 is 2.72 bits per heavy atom. The van der Waals surface area contributed by atoms with Crippen molar-refractivity contribution >= 4 is 29.3 Å². The Morgan fingerprint density at radius 1 is 1.31 bits per heavy atom. The molecule has 3 heterocycles. The number of hydrogen-bond donors (Lipinski definition) is 2. The number of carbonyl (C=O) groups is 1. The van der Waals surface area contributed by atoms with Crippen molar-refractivity contribution in [2.45, 2.75) is 57.7 Å². The number of nitrogens with one attached hydrogen (secondary N) is 1. The van der Waals surface area contributed by atoms with Gasteiger partial charge in [-0.25, -0.2) is 9.37 Å². The van der Waals surface area contributed by atoms with E-state index < -0.39 is 0 Å². The highest BCUT2D eigenvalue weighted by Crippen LogP contribution is 2.29. The summed E-state index contributed by atoms with van der Waals surface area (Å²) in [7, 11) is 0. The van der Waals surface area contributed by atoms with E-state index in [9.17, 15) is 9.18 Å². The standard InChI is InChI=1S/C23H30ClFN6O/c1-15(28-22-27-13-18(24)21(29-22)31-9-3-4-20(31)32)16-5-6-17(19(25)12-16)14-30-10-7-23(2,26)8-11-30/h5-6,12-13,15H,3-4,7-11,14,26H2,1-2H3,(H,27,28,29). The fraction of sp³-hybridized carbons (Fsp3) is 0.522. The lowest BCUT2D eigenvalue weighted by atomic mass is 9.91. The summed E-state index contributed by atoms with van der Waals surface area (Å²) in [5.41, 5.74) is 7.54.